The Morgan fingerprint density at radius 1 is 1.21 bits per heavy atom. The van der Waals surface area contributed by atoms with Crippen molar-refractivity contribution < 1.29 is 9.53 Å². The van der Waals surface area contributed by atoms with E-state index in [4.69, 9.17) is 16.3 Å². The van der Waals surface area contributed by atoms with Gasteiger partial charge in [0.15, 0.2) is 5.78 Å². The van der Waals surface area contributed by atoms with Crippen LogP contribution in [0.15, 0.2) is 42.5 Å². The lowest BCUT2D eigenvalue weighted by atomic mass is 9.99. The fraction of sp³-hybridized carbons (Fsp3) is 0.188. The Balaban J connectivity index is 2.23. The third kappa shape index (κ3) is 3.15. The fourth-order valence-electron chi connectivity index (χ4n) is 1.92. The number of aryl methyl sites for hydroxylation is 1. The maximum atomic E-state index is 12.2. The molecule has 2 aromatic carbocycles. The summed E-state index contributed by atoms with van der Waals surface area (Å²) in [6.07, 6.45) is 0.386. The van der Waals surface area contributed by atoms with E-state index in [2.05, 4.69) is 0 Å². The number of halogens is 1. The predicted molar refractivity (Wildman–Crippen MR) is 77.2 cm³/mol. The van der Waals surface area contributed by atoms with Crippen LogP contribution in [0.5, 0.6) is 5.75 Å². The molecule has 0 saturated carbocycles. The lowest BCUT2D eigenvalue weighted by Crippen LogP contribution is -2.05. The third-order valence-corrected chi connectivity index (χ3v) is 3.40. The van der Waals surface area contributed by atoms with Crippen molar-refractivity contribution in [3.8, 4) is 5.75 Å². The van der Waals surface area contributed by atoms with Gasteiger partial charge in [-0.2, -0.15) is 0 Å². The quantitative estimate of drug-likeness (QED) is 0.785. The van der Waals surface area contributed by atoms with Gasteiger partial charge in [-0.25, -0.2) is 0 Å². The normalized spacial score (nSPS) is 10.3. The van der Waals surface area contributed by atoms with Gasteiger partial charge in [0.1, 0.15) is 5.75 Å². The Bertz CT molecular complexity index is 605. The predicted octanol–water partition coefficient (Wildman–Crippen LogP) is 4.08. The summed E-state index contributed by atoms with van der Waals surface area (Å²) < 4.78 is 5.13. The number of hydrogen-bond donors (Lipinski definition) is 0. The van der Waals surface area contributed by atoms with Crippen LogP contribution in [0.2, 0.25) is 5.02 Å². The minimum absolute atomic E-state index is 0.0595. The molecule has 2 rings (SSSR count). The van der Waals surface area contributed by atoms with Gasteiger partial charge in [0.25, 0.3) is 0 Å². The van der Waals surface area contributed by atoms with Gasteiger partial charge in [0.2, 0.25) is 0 Å². The van der Waals surface area contributed by atoms with E-state index in [1.165, 1.54) is 7.11 Å². The number of ketones is 1. The molecule has 3 heteroatoms. The van der Waals surface area contributed by atoms with Crippen LogP contribution in [0.4, 0.5) is 0 Å². The second kappa shape index (κ2) is 5.89. The number of ether oxygens (including phenoxy) is 1. The lowest BCUT2D eigenvalue weighted by molar-refractivity contribution is 0.0992. The Hall–Kier alpha value is -1.80. The zero-order valence-corrected chi connectivity index (χ0v) is 11.7. The van der Waals surface area contributed by atoms with Crippen LogP contribution in [-0.2, 0) is 6.42 Å². The number of carbonyl (C=O) groups is 1. The first-order valence-corrected chi connectivity index (χ1v) is 6.41. The Morgan fingerprint density at radius 2 is 1.95 bits per heavy atom. The molecule has 2 nitrogen and oxygen atoms in total. The molecule has 0 aliphatic rings. The number of Topliss-reactive ketones (excluding diaryl/α,β-unsaturated/α-hetero) is 1. The second-order valence-electron chi connectivity index (χ2n) is 4.38. The molecule has 0 N–H and O–H groups in total. The number of rotatable bonds is 4. The van der Waals surface area contributed by atoms with Crippen molar-refractivity contribution in [3.63, 3.8) is 0 Å². The number of carbonyl (C=O) groups excluding carboxylic acids is 1. The number of hydrogen-bond acceptors (Lipinski definition) is 2. The van der Waals surface area contributed by atoms with Crippen molar-refractivity contribution >= 4 is 17.4 Å². The maximum Gasteiger partial charge on any atom is 0.167 e. The zero-order chi connectivity index (χ0) is 13.8. The molecule has 0 heterocycles. The van der Waals surface area contributed by atoms with Crippen molar-refractivity contribution in [3.05, 3.63) is 64.2 Å². The van der Waals surface area contributed by atoms with Crippen molar-refractivity contribution in [2.45, 2.75) is 13.3 Å². The molecule has 0 atom stereocenters. The van der Waals surface area contributed by atoms with Gasteiger partial charge < -0.3 is 4.74 Å². The van der Waals surface area contributed by atoms with Crippen LogP contribution in [-0.4, -0.2) is 12.9 Å². The smallest absolute Gasteiger partial charge is 0.167 e. The van der Waals surface area contributed by atoms with E-state index in [1.807, 2.05) is 31.2 Å². The molecule has 0 spiro atoms. The minimum atomic E-state index is 0.0595. The Kier molecular flexibility index (Phi) is 4.23. The molecule has 0 aliphatic heterocycles. The Morgan fingerprint density at radius 3 is 2.63 bits per heavy atom. The minimum Gasteiger partial charge on any atom is -0.495 e. The van der Waals surface area contributed by atoms with Gasteiger partial charge in [-0.05, 0) is 36.2 Å². The van der Waals surface area contributed by atoms with Crippen molar-refractivity contribution in [1.82, 2.24) is 0 Å². The zero-order valence-electron chi connectivity index (χ0n) is 10.9. The highest BCUT2D eigenvalue weighted by molar-refractivity contribution is 6.32. The molecule has 0 saturated heterocycles. The molecule has 0 aromatic heterocycles. The van der Waals surface area contributed by atoms with E-state index in [-0.39, 0.29) is 5.78 Å². The van der Waals surface area contributed by atoms with E-state index in [1.54, 1.807) is 18.2 Å². The van der Waals surface area contributed by atoms with Crippen molar-refractivity contribution in [1.29, 1.82) is 0 Å². The highest BCUT2D eigenvalue weighted by Gasteiger charge is 2.11. The van der Waals surface area contributed by atoms with E-state index in [0.29, 0.717) is 22.8 Å². The first-order chi connectivity index (χ1) is 9.11. The molecule has 0 bridgehead atoms. The number of benzene rings is 2. The summed E-state index contributed by atoms with van der Waals surface area (Å²) in [4.78, 5) is 12.2. The molecule has 0 radical (unpaired) electrons. The molecule has 0 fully saturated rings. The summed E-state index contributed by atoms with van der Waals surface area (Å²) in [6, 6.07) is 13.0. The topological polar surface area (TPSA) is 26.3 Å². The Labute approximate surface area is 118 Å². The second-order valence-corrected chi connectivity index (χ2v) is 4.78. The highest BCUT2D eigenvalue weighted by atomic mass is 35.5. The van der Waals surface area contributed by atoms with Crippen LogP contribution in [0.25, 0.3) is 0 Å². The first-order valence-electron chi connectivity index (χ1n) is 6.03. The van der Waals surface area contributed by atoms with Crippen LogP contribution in [0.1, 0.15) is 21.5 Å². The molecule has 19 heavy (non-hydrogen) atoms. The largest absolute Gasteiger partial charge is 0.495 e. The molecule has 0 amide bonds. The molecule has 0 aliphatic carbocycles. The molecule has 98 valence electrons. The van der Waals surface area contributed by atoms with Gasteiger partial charge in [0.05, 0.1) is 12.1 Å². The monoisotopic (exact) mass is 274 g/mol. The number of methoxy groups -OCH3 is 1. The van der Waals surface area contributed by atoms with E-state index >= 15 is 0 Å². The van der Waals surface area contributed by atoms with Crippen LogP contribution < -0.4 is 4.74 Å². The first kappa shape index (κ1) is 13.6. The van der Waals surface area contributed by atoms with E-state index < -0.39 is 0 Å². The molecule has 0 unspecified atom stereocenters. The highest BCUT2D eigenvalue weighted by Crippen LogP contribution is 2.25. The van der Waals surface area contributed by atoms with Crippen molar-refractivity contribution in [2.24, 2.45) is 0 Å². The summed E-state index contributed by atoms with van der Waals surface area (Å²) in [5.74, 6) is 0.585. The van der Waals surface area contributed by atoms with Gasteiger partial charge >= 0.3 is 0 Å². The van der Waals surface area contributed by atoms with Gasteiger partial charge in [-0.3, -0.25) is 4.79 Å². The average molecular weight is 275 g/mol. The lowest BCUT2D eigenvalue weighted by Gasteiger charge is -2.07. The average Bonchev–Trinajstić information content (AvgIpc) is 2.42. The van der Waals surface area contributed by atoms with Gasteiger partial charge in [-0.15, -0.1) is 0 Å². The third-order valence-electron chi connectivity index (χ3n) is 3.09. The van der Waals surface area contributed by atoms with Gasteiger partial charge in [-0.1, -0.05) is 35.9 Å². The van der Waals surface area contributed by atoms with Crippen molar-refractivity contribution in [2.75, 3.05) is 7.11 Å². The van der Waals surface area contributed by atoms with Crippen LogP contribution in [0, 0.1) is 6.92 Å². The molecular weight excluding hydrogens is 260 g/mol. The van der Waals surface area contributed by atoms with E-state index in [9.17, 15) is 4.79 Å². The summed E-state index contributed by atoms with van der Waals surface area (Å²) in [7, 11) is 1.54. The summed E-state index contributed by atoms with van der Waals surface area (Å²) in [5.41, 5.74) is 2.78. The van der Waals surface area contributed by atoms with E-state index in [0.717, 1.165) is 11.1 Å². The van der Waals surface area contributed by atoms with Crippen LogP contribution in [0.3, 0.4) is 0 Å². The van der Waals surface area contributed by atoms with Gasteiger partial charge in [0, 0.05) is 12.0 Å². The molecule has 2 aromatic rings. The summed E-state index contributed by atoms with van der Waals surface area (Å²) in [5, 5.41) is 0.509. The SMILES string of the molecule is COc1cc(C(=O)Cc2ccccc2C)ccc1Cl. The standard InChI is InChI=1S/C16H15ClO2/c1-11-5-3-4-6-12(11)9-15(18)13-7-8-14(17)16(10-13)19-2/h3-8,10H,9H2,1-2H3. The molecular formula is C16H15ClO2. The van der Waals surface area contributed by atoms with Crippen LogP contribution >= 0.6 is 11.6 Å². The maximum absolute atomic E-state index is 12.2. The summed E-state index contributed by atoms with van der Waals surface area (Å²) in [6.45, 7) is 2.01. The fourth-order valence-corrected chi connectivity index (χ4v) is 2.11. The summed E-state index contributed by atoms with van der Waals surface area (Å²) >= 11 is 5.95.